The molecule has 3 nitrogen and oxygen atoms in total. The van der Waals surface area contributed by atoms with Gasteiger partial charge in [0.15, 0.2) is 0 Å². The van der Waals surface area contributed by atoms with Crippen LogP contribution in [0.3, 0.4) is 0 Å². The van der Waals surface area contributed by atoms with Crippen molar-refractivity contribution in [1.82, 2.24) is 10.6 Å². The molecule has 0 aromatic rings. The number of carbonyl (C=O) groups is 1. The van der Waals surface area contributed by atoms with Gasteiger partial charge in [-0.2, -0.15) is 0 Å². The zero-order chi connectivity index (χ0) is 13.8. The molecule has 0 spiro atoms. The molecule has 0 unspecified atom stereocenters. The second kappa shape index (κ2) is 10.9. The van der Waals surface area contributed by atoms with Gasteiger partial charge in [-0.25, -0.2) is 0 Å². The van der Waals surface area contributed by atoms with Crippen molar-refractivity contribution < 1.29 is 4.79 Å². The van der Waals surface area contributed by atoms with E-state index in [4.69, 9.17) is 6.42 Å². The summed E-state index contributed by atoms with van der Waals surface area (Å²) in [6.45, 7) is 1.63. The van der Waals surface area contributed by atoms with Gasteiger partial charge >= 0.3 is 0 Å². The molecule has 0 bridgehead atoms. The molecular weight excluding hydrogens is 236 g/mol. The van der Waals surface area contributed by atoms with E-state index in [1.165, 1.54) is 38.5 Å². The molecule has 0 aromatic carbocycles. The quantitative estimate of drug-likeness (QED) is 0.402. The van der Waals surface area contributed by atoms with Gasteiger partial charge in [0.2, 0.25) is 5.91 Å². The summed E-state index contributed by atoms with van der Waals surface area (Å²) in [5, 5.41) is 6.51. The number of carbonyl (C=O) groups excluding carboxylic acids is 1. The van der Waals surface area contributed by atoms with Gasteiger partial charge in [-0.1, -0.05) is 25.7 Å². The van der Waals surface area contributed by atoms with E-state index in [1.54, 1.807) is 0 Å². The first-order valence-corrected chi connectivity index (χ1v) is 7.76. The van der Waals surface area contributed by atoms with E-state index in [-0.39, 0.29) is 5.91 Å². The van der Waals surface area contributed by atoms with Crippen LogP contribution in [0, 0.1) is 12.3 Å². The van der Waals surface area contributed by atoms with Gasteiger partial charge < -0.3 is 10.6 Å². The van der Waals surface area contributed by atoms with Crippen LogP contribution in [0.15, 0.2) is 0 Å². The van der Waals surface area contributed by atoms with Gasteiger partial charge in [-0.05, 0) is 25.7 Å². The zero-order valence-electron chi connectivity index (χ0n) is 12.0. The summed E-state index contributed by atoms with van der Waals surface area (Å²) in [4.78, 5) is 11.5. The minimum absolute atomic E-state index is 0.152. The first-order valence-electron chi connectivity index (χ1n) is 7.76. The molecule has 3 heteroatoms. The number of hydrogen-bond acceptors (Lipinski definition) is 2. The first kappa shape index (κ1) is 16.0. The third-order valence-electron chi connectivity index (χ3n) is 3.71. The van der Waals surface area contributed by atoms with E-state index in [9.17, 15) is 4.79 Å². The van der Waals surface area contributed by atoms with Crippen molar-refractivity contribution in [3.63, 3.8) is 0 Å². The van der Waals surface area contributed by atoms with Crippen LogP contribution in [-0.2, 0) is 4.79 Å². The Labute approximate surface area is 117 Å². The van der Waals surface area contributed by atoms with Gasteiger partial charge in [0.25, 0.3) is 0 Å². The molecule has 1 rings (SSSR count). The van der Waals surface area contributed by atoms with E-state index < -0.39 is 0 Å². The summed E-state index contributed by atoms with van der Waals surface area (Å²) in [5.41, 5.74) is 0. The molecule has 1 fully saturated rings. The van der Waals surface area contributed by atoms with Crippen LogP contribution >= 0.6 is 0 Å². The molecule has 19 heavy (non-hydrogen) atoms. The molecule has 1 amide bonds. The van der Waals surface area contributed by atoms with Crippen molar-refractivity contribution in [3.8, 4) is 12.3 Å². The van der Waals surface area contributed by atoms with Gasteiger partial charge in [0.1, 0.15) is 0 Å². The van der Waals surface area contributed by atoms with Crippen LogP contribution in [0.5, 0.6) is 0 Å². The number of nitrogens with one attached hydrogen (secondary N) is 2. The Morgan fingerprint density at radius 2 is 1.84 bits per heavy atom. The number of unbranched alkanes of at least 4 members (excludes halogenated alkanes) is 2. The van der Waals surface area contributed by atoms with Crippen molar-refractivity contribution in [2.75, 3.05) is 13.1 Å². The van der Waals surface area contributed by atoms with Crippen LogP contribution in [0.1, 0.15) is 64.2 Å². The molecule has 2 N–H and O–H groups in total. The lowest BCUT2D eigenvalue weighted by atomic mass is 10.1. The molecule has 0 atom stereocenters. The van der Waals surface area contributed by atoms with E-state index >= 15 is 0 Å². The van der Waals surface area contributed by atoms with Crippen LogP contribution in [0.2, 0.25) is 0 Å². The smallest absolute Gasteiger partial charge is 0.220 e. The van der Waals surface area contributed by atoms with Gasteiger partial charge in [-0.3, -0.25) is 4.79 Å². The van der Waals surface area contributed by atoms with Crippen LogP contribution in [0.25, 0.3) is 0 Å². The largest absolute Gasteiger partial charge is 0.355 e. The average molecular weight is 264 g/mol. The minimum Gasteiger partial charge on any atom is -0.355 e. The van der Waals surface area contributed by atoms with Crippen LogP contribution < -0.4 is 10.6 Å². The number of hydrogen-bond donors (Lipinski definition) is 2. The summed E-state index contributed by atoms with van der Waals surface area (Å²) < 4.78 is 0. The SMILES string of the molecule is C#CCCCCC(=O)NCCNC1CCCCCC1. The zero-order valence-corrected chi connectivity index (χ0v) is 12.0. The highest BCUT2D eigenvalue weighted by Crippen LogP contribution is 2.16. The van der Waals surface area contributed by atoms with E-state index in [2.05, 4.69) is 16.6 Å². The summed E-state index contributed by atoms with van der Waals surface area (Å²) in [7, 11) is 0. The molecule has 0 aliphatic heterocycles. The van der Waals surface area contributed by atoms with Crippen LogP contribution in [-0.4, -0.2) is 25.0 Å². The molecule has 0 heterocycles. The third kappa shape index (κ3) is 8.67. The maximum atomic E-state index is 11.5. The second-order valence-corrected chi connectivity index (χ2v) is 5.40. The Bertz CT molecular complexity index is 275. The monoisotopic (exact) mass is 264 g/mol. The highest BCUT2D eigenvalue weighted by Gasteiger charge is 2.10. The topological polar surface area (TPSA) is 41.1 Å². The van der Waals surface area contributed by atoms with Crippen molar-refractivity contribution in [1.29, 1.82) is 0 Å². The average Bonchev–Trinajstić information content (AvgIpc) is 2.68. The Balaban J connectivity index is 1.94. The molecular formula is C16H28N2O. The highest BCUT2D eigenvalue weighted by molar-refractivity contribution is 5.75. The Kier molecular flexibility index (Phi) is 9.18. The summed E-state index contributed by atoms with van der Waals surface area (Å²) in [5.74, 6) is 2.75. The summed E-state index contributed by atoms with van der Waals surface area (Å²) in [6, 6.07) is 0.662. The number of rotatable bonds is 8. The normalized spacial score (nSPS) is 16.6. The third-order valence-corrected chi connectivity index (χ3v) is 3.71. The molecule has 1 aliphatic carbocycles. The fourth-order valence-electron chi connectivity index (χ4n) is 2.56. The maximum absolute atomic E-state index is 11.5. The Hall–Kier alpha value is -1.01. The van der Waals surface area contributed by atoms with Crippen molar-refractivity contribution in [3.05, 3.63) is 0 Å². The van der Waals surface area contributed by atoms with Gasteiger partial charge in [0, 0.05) is 32.0 Å². The van der Waals surface area contributed by atoms with E-state index in [0.29, 0.717) is 12.5 Å². The lowest BCUT2D eigenvalue weighted by Gasteiger charge is -2.16. The van der Waals surface area contributed by atoms with Crippen molar-refractivity contribution >= 4 is 5.91 Å². The Morgan fingerprint density at radius 1 is 1.11 bits per heavy atom. The lowest BCUT2D eigenvalue weighted by Crippen LogP contribution is -2.36. The maximum Gasteiger partial charge on any atom is 0.220 e. The summed E-state index contributed by atoms with van der Waals surface area (Å²) in [6.07, 6.45) is 16.4. The minimum atomic E-state index is 0.152. The van der Waals surface area contributed by atoms with Crippen LogP contribution in [0.4, 0.5) is 0 Å². The fourth-order valence-corrected chi connectivity index (χ4v) is 2.56. The first-order chi connectivity index (χ1) is 9.33. The predicted octanol–water partition coefficient (Wildman–Crippen LogP) is 2.61. The standard InChI is InChI=1S/C16H28N2O/c1-2-3-4-9-12-16(19)18-14-13-17-15-10-7-5-6-8-11-15/h1,15,17H,3-14H2,(H,18,19). The van der Waals surface area contributed by atoms with E-state index in [1.807, 2.05) is 0 Å². The molecule has 0 saturated heterocycles. The van der Waals surface area contributed by atoms with Gasteiger partial charge in [0.05, 0.1) is 0 Å². The van der Waals surface area contributed by atoms with Gasteiger partial charge in [-0.15, -0.1) is 12.3 Å². The second-order valence-electron chi connectivity index (χ2n) is 5.40. The van der Waals surface area contributed by atoms with Crippen molar-refractivity contribution in [2.45, 2.75) is 70.3 Å². The van der Waals surface area contributed by atoms with E-state index in [0.717, 1.165) is 32.4 Å². The highest BCUT2D eigenvalue weighted by atomic mass is 16.1. The molecule has 1 aliphatic rings. The summed E-state index contributed by atoms with van der Waals surface area (Å²) >= 11 is 0. The lowest BCUT2D eigenvalue weighted by molar-refractivity contribution is -0.121. The number of terminal acetylenes is 1. The predicted molar refractivity (Wildman–Crippen MR) is 79.8 cm³/mol. The molecule has 108 valence electrons. The Morgan fingerprint density at radius 3 is 2.53 bits per heavy atom. The molecule has 0 radical (unpaired) electrons. The van der Waals surface area contributed by atoms with Crippen molar-refractivity contribution in [2.24, 2.45) is 0 Å². The fraction of sp³-hybridized carbons (Fsp3) is 0.812. The molecule has 1 saturated carbocycles. The number of amides is 1. The molecule has 0 aromatic heterocycles.